The van der Waals surface area contributed by atoms with Crippen molar-refractivity contribution in [2.24, 2.45) is 0 Å². The van der Waals surface area contributed by atoms with Crippen molar-refractivity contribution in [1.29, 1.82) is 0 Å². The Morgan fingerprint density at radius 3 is 2.41 bits per heavy atom. The highest BCUT2D eigenvalue weighted by molar-refractivity contribution is 5.86. The molecule has 0 atom stereocenters. The Morgan fingerprint density at radius 2 is 1.68 bits per heavy atom. The molecule has 41 heavy (non-hydrogen) atoms. The number of alkyl carbamates (subject to hydrolysis) is 1. The average molecular weight is 566 g/mol. The molecule has 2 aromatic carbocycles. The van der Waals surface area contributed by atoms with Crippen LogP contribution in [0.25, 0.3) is 17.0 Å². The number of esters is 1. The molecule has 0 saturated carbocycles. The zero-order chi connectivity index (χ0) is 29.5. The van der Waals surface area contributed by atoms with Gasteiger partial charge in [-0.25, -0.2) is 9.59 Å². The van der Waals surface area contributed by atoms with E-state index in [-0.39, 0.29) is 5.97 Å². The first-order valence-corrected chi connectivity index (χ1v) is 14.0. The lowest BCUT2D eigenvalue weighted by molar-refractivity contribution is -0.134. The van der Waals surface area contributed by atoms with Gasteiger partial charge in [-0.05, 0) is 56.0 Å². The number of nitrogens with one attached hydrogen (secondary N) is 2. The maximum atomic E-state index is 11.7. The van der Waals surface area contributed by atoms with Crippen LogP contribution >= 0.6 is 0 Å². The average Bonchev–Trinajstić information content (AvgIpc) is 3.36. The number of fused-ring (bicyclic) bond motifs is 1. The molecule has 0 aliphatic carbocycles. The molecule has 0 bridgehead atoms. The SMILES string of the molecule is COC(=O)/C=C/c1ccc(CN(CCOCCOCCNC(=O)OC(C)(C)C)CCc2c[nH]c3ccccc23)cc1. The monoisotopic (exact) mass is 565 g/mol. The molecule has 0 saturated heterocycles. The topological polar surface area (TPSA) is 102 Å². The summed E-state index contributed by atoms with van der Waals surface area (Å²) < 4.78 is 21.3. The summed E-state index contributed by atoms with van der Waals surface area (Å²) in [4.78, 5) is 28.8. The maximum Gasteiger partial charge on any atom is 0.407 e. The Hall–Kier alpha value is -3.66. The van der Waals surface area contributed by atoms with Crippen molar-refractivity contribution in [1.82, 2.24) is 15.2 Å². The normalized spacial score (nSPS) is 11.8. The lowest BCUT2D eigenvalue weighted by Gasteiger charge is -2.22. The molecular formula is C32H43N3O6. The fourth-order valence-corrected chi connectivity index (χ4v) is 4.17. The van der Waals surface area contributed by atoms with Gasteiger partial charge in [0, 0.05) is 49.4 Å². The standard InChI is InChI=1S/C32H43N3O6/c1-32(2,3)41-31(37)33-16-19-39-21-22-40-20-18-35(17-15-27-23-34-29-8-6-5-7-28(27)29)24-26-11-9-25(10-12-26)13-14-30(36)38-4/h5-14,23,34H,15-22,24H2,1-4H3,(H,33,37)/b14-13+. The second kappa shape index (κ2) is 16.6. The second-order valence-corrected chi connectivity index (χ2v) is 10.6. The van der Waals surface area contributed by atoms with E-state index < -0.39 is 11.7 Å². The van der Waals surface area contributed by atoms with Crippen LogP contribution in [0.15, 0.2) is 60.8 Å². The molecule has 0 aliphatic rings. The van der Waals surface area contributed by atoms with Crippen LogP contribution in [0.1, 0.15) is 37.5 Å². The van der Waals surface area contributed by atoms with Crippen molar-refractivity contribution in [3.63, 3.8) is 0 Å². The third-order valence-electron chi connectivity index (χ3n) is 6.21. The van der Waals surface area contributed by atoms with Crippen LogP contribution in [0.5, 0.6) is 0 Å². The molecule has 0 spiro atoms. The van der Waals surface area contributed by atoms with Gasteiger partial charge in [0.05, 0.1) is 33.5 Å². The summed E-state index contributed by atoms with van der Waals surface area (Å²) in [5, 5.41) is 3.93. The molecule has 0 fully saturated rings. The Labute approximate surface area is 242 Å². The first-order chi connectivity index (χ1) is 19.7. The lowest BCUT2D eigenvalue weighted by Crippen LogP contribution is -2.34. The molecule has 3 aromatic rings. The van der Waals surface area contributed by atoms with E-state index in [1.165, 1.54) is 29.7 Å². The van der Waals surface area contributed by atoms with E-state index in [0.717, 1.165) is 37.1 Å². The van der Waals surface area contributed by atoms with E-state index in [4.69, 9.17) is 14.2 Å². The van der Waals surface area contributed by atoms with E-state index in [0.29, 0.717) is 33.0 Å². The Kier molecular flexibility index (Phi) is 12.9. The van der Waals surface area contributed by atoms with Crippen LogP contribution in [0.4, 0.5) is 4.79 Å². The smallest absolute Gasteiger partial charge is 0.407 e. The van der Waals surface area contributed by atoms with Crippen LogP contribution in [0, 0.1) is 0 Å². The number of methoxy groups -OCH3 is 1. The third kappa shape index (κ3) is 12.2. The molecule has 1 aromatic heterocycles. The summed E-state index contributed by atoms with van der Waals surface area (Å²) in [6.07, 6.45) is 5.72. The van der Waals surface area contributed by atoms with Gasteiger partial charge in [0.25, 0.3) is 0 Å². The minimum Gasteiger partial charge on any atom is -0.466 e. The number of benzene rings is 2. The van der Waals surface area contributed by atoms with Crippen LogP contribution in [-0.2, 0) is 36.7 Å². The predicted octanol–water partition coefficient (Wildman–Crippen LogP) is 4.96. The van der Waals surface area contributed by atoms with E-state index >= 15 is 0 Å². The largest absolute Gasteiger partial charge is 0.466 e. The van der Waals surface area contributed by atoms with Crippen LogP contribution < -0.4 is 5.32 Å². The number of hydrogen-bond acceptors (Lipinski definition) is 7. The van der Waals surface area contributed by atoms with Gasteiger partial charge in [-0.15, -0.1) is 0 Å². The van der Waals surface area contributed by atoms with Crippen LogP contribution in [0.2, 0.25) is 0 Å². The number of amides is 1. The summed E-state index contributed by atoms with van der Waals surface area (Å²) in [5.74, 6) is -0.375. The van der Waals surface area contributed by atoms with E-state index in [1.54, 1.807) is 6.08 Å². The van der Waals surface area contributed by atoms with Crippen molar-refractivity contribution in [2.45, 2.75) is 39.3 Å². The van der Waals surface area contributed by atoms with Gasteiger partial charge in [0.2, 0.25) is 0 Å². The molecule has 2 N–H and O–H groups in total. The van der Waals surface area contributed by atoms with Gasteiger partial charge in [-0.1, -0.05) is 42.5 Å². The summed E-state index contributed by atoms with van der Waals surface area (Å²) in [5.41, 5.74) is 4.04. The van der Waals surface area contributed by atoms with E-state index in [2.05, 4.69) is 56.5 Å². The maximum absolute atomic E-state index is 11.7. The van der Waals surface area contributed by atoms with Gasteiger partial charge >= 0.3 is 12.1 Å². The summed E-state index contributed by atoms with van der Waals surface area (Å²) in [7, 11) is 1.37. The molecule has 3 rings (SSSR count). The Balaban J connectivity index is 1.45. The van der Waals surface area contributed by atoms with Crippen LogP contribution in [0.3, 0.4) is 0 Å². The van der Waals surface area contributed by atoms with Gasteiger partial charge in [-0.2, -0.15) is 0 Å². The van der Waals surface area contributed by atoms with Gasteiger partial charge in [0.15, 0.2) is 0 Å². The molecule has 0 unspecified atom stereocenters. The number of para-hydroxylation sites is 1. The number of aromatic nitrogens is 1. The predicted molar refractivity (Wildman–Crippen MR) is 161 cm³/mol. The first kappa shape index (κ1) is 31.9. The number of nitrogens with zero attached hydrogens (tertiary/aromatic N) is 1. The minimum atomic E-state index is -0.519. The fourth-order valence-electron chi connectivity index (χ4n) is 4.17. The van der Waals surface area contributed by atoms with E-state index in [1.807, 2.05) is 39.0 Å². The van der Waals surface area contributed by atoms with Crippen molar-refractivity contribution in [3.05, 3.63) is 77.5 Å². The number of H-pyrrole nitrogens is 1. The molecule has 0 radical (unpaired) electrons. The summed E-state index contributed by atoms with van der Waals surface area (Å²) >= 11 is 0. The highest BCUT2D eigenvalue weighted by Gasteiger charge is 2.15. The van der Waals surface area contributed by atoms with Gasteiger partial charge < -0.3 is 29.2 Å². The highest BCUT2D eigenvalue weighted by atomic mass is 16.6. The van der Waals surface area contributed by atoms with Gasteiger partial charge in [0.1, 0.15) is 5.60 Å². The zero-order valence-electron chi connectivity index (χ0n) is 24.6. The summed E-state index contributed by atoms with van der Waals surface area (Å²) in [6, 6.07) is 16.5. The number of ether oxygens (including phenoxy) is 4. The number of rotatable bonds is 16. The third-order valence-corrected chi connectivity index (χ3v) is 6.21. The minimum absolute atomic E-state index is 0.375. The van der Waals surface area contributed by atoms with Gasteiger partial charge in [-0.3, -0.25) is 4.90 Å². The quantitative estimate of drug-likeness (QED) is 0.144. The zero-order valence-corrected chi connectivity index (χ0v) is 24.6. The van der Waals surface area contributed by atoms with Crippen LogP contribution in [-0.4, -0.2) is 80.7 Å². The molecular weight excluding hydrogens is 522 g/mol. The van der Waals surface area contributed by atoms with E-state index in [9.17, 15) is 9.59 Å². The number of carbonyl (C=O) groups is 2. The Bertz CT molecular complexity index is 1250. The second-order valence-electron chi connectivity index (χ2n) is 10.6. The molecule has 222 valence electrons. The number of carbonyl (C=O) groups excluding carboxylic acids is 2. The van der Waals surface area contributed by atoms with Crippen molar-refractivity contribution in [2.75, 3.05) is 53.2 Å². The summed E-state index contributed by atoms with van der Waals surface area (Å²) in [6.45, 7) is 10.2. The number of hydrogen-bond donors (Lipinski definition) is 2. The van der Waals surface area contributed by atoms with Crippen molar-refractivity contribution in [3.8, 4) is 0 Å². The fraction of sp³-hybridized carbons (Fsp3) is 0.438. The molecule has 0 aliphatic heterocycles. The molecule has 1 amide bonds. The van der Waals surface area contributed by atoms with Crippen molar-refractivity contribution >= 4 is 29.0 Å². The molecule has 9 heteroatoms. The number of aromatic amines is 1. The molecule has 1 heterocycles. The van der Waals surface area contributed by atoms with Crippen molar-refractivity contribution < 1.29 is 28.5 Å². The highest BCUT2D eigenvalue weighted by Crippen LogP contribution is 2.19. The Morgan fingerprint density at radius 1 is 0.951 bits per heavy atom. The molecule has 9 nitrogen and oxygen atoms in total. The lowest BCUT2D eigenvalue weighted by atomic mass is 10.1. The first-order valence-electron chi connectivity index (χ1n) is 14.0.